The lowest BCUT2D eigenvalue weighted by Gasteiger charge is -2.13. The van der Waals surface area contributed by atoms with Crippen LogP contribution in [0.25, 0.3) is 5.82 Å². The third-order valence-corrected chi connectivity index (χ3v) is 5.68. The van der Waals surface area contributed by atoms with E-state index in [4.69, 9.17) is 23.2 Å². The van der Waals surface area contributed by atoms with Crippen molar-refractivity contribution < 1.29 is 21.6 Å². The minimum Gasteiger partial charge on any atom is -0.289 e. The zero-order chi connectivity index (χ0) is 20.5. The van der Waals surface area contributed by atoms with Crippen molar-refractivity contribution in [3.63, 3.8) is 0 Å². The van der Waals surface area contributed by atoms with Crippen LogP contribution in [0, 0.1) is 0 Å². The summed E-state index contributed by atoms with van der Waals surface area (Å²) in [7, 11) is -4.00. The van der Waals surface area contributed by atoms with Crippen LogP contribution in [0.2, 0.25) is 10.0 Å². The highest BCUT2D eigenvalue weighted by atomic mass is 35.5. The number of pyridine rings is 1. The van der Waals surface area contributed by atoms with Gasteiger partial charge in [0.2, 0.25) is 0 Å². The van der Waals surface area contributed by atoms with Gasteiger partial charge < -0.3 is 0 Å². The number of alkyl halides is 3. The number of hydrogen-bond donors (Lipinski definition) is 1. The number of hydrogen-bond acceptors (Lipinski definition) is 3. The van der Waals surface area contributed by atoms with Gasteiger partial charge in [0.05, 0.1) is 10.6 Å². The number of rotatable bonds is 5. The topological polar surface area (TPSA) is 64.0 Å². The molecule has 28 heavy (non-hydrogen) atoms. The van der Waals surface area contributed by atoms with Crippen LogP contribution in [0.4, 0.5) is 13.2 Å². The van der Waals surface area contributed by atoms with Crippen LogP contribution in [0.15, 0.2) is 59.9 Å². The average Bonchev–Trinajstić information content (AvgIpc) is 3.11. The lowest BCUT2D eigenvalue weighted by Crippen LogP contribution is -2.25. The SMILES string of the molecule is O=S(=O)(NCc1ccc(Cl)cc1)c1cccn1-c1ncc(C(F)(F)F)cc1Cl. The molecule has 0 saturated carbocycles. The molecule has 2 aromatic heterocycles. The van der Waals surface area contributed by atoms with Crippen molar-refractivity contribution in [2.45, 2.75) is 17.7 Å². The summed E-state index contributed by atoms with van der Waals surface area (Å²) < 4.78 is 67.2. The summed E-state index contributed by atoms with van der Waals surface area (Å²) in [5.41, 5.74) is -0.351. The summed E-state index contributed by atoms with van der Waals surface area (Å²) in [6.45, 7) is -0.00114. The molecule has 11 heteroatoms. The van der Waals surface area contributed by atoms with Gasteiger partial charge in [0.1, 0.15) is 0 Å². The molecule has 3 rings (SSSR count). The fourth-order valence-corrected chi connectivity index (χ4v) is 3.93. The Kier molecular flexibility index (Phi) is 5.72. The van der Waals surface area contributed by atoms with Crippen molar-refractivity contribution in [3.8, 4) is 5.82 Å². The summed E-state index contributed by atoms with van der Waals surface area (Å²) >= 11 is 11.7. The van der Waals surface area contributed by atoms with E-state index in [9.17, 15) is 21.6 Å². The van der Waals surface area contributed by atoms with Gasteiger partial charge in [-0.15, -0.1) is 0 Å². The van der Waals surface area contributed by atoms with Gasteiger partial charge in [-0.05, 0) is 35.9 Å². The van der Waals surface area contributed by atoms with Crippen molar-refractivity contribution in [2.75, 3.05) is 0 Å². The number of halogens is 5. The molecule has 0 radical (unpaired) electrons. The first-order valence-corrected chi connectivity index (χ1v) is 9.96. The Balaban J connectivity index is 1.89. The second-order valence-corrected chi connectivity index (χ2v) is 8.25. The van der Waals surface area contributed by atoms with E-state index in [0.717, 1.165) is 4.57 Å². The van der Waals surface area contributed by atoms with Gasteiger partial charge in [-0.2, -0.15) is 13.2 Å². The maximum Gasteiger partial charge on any atom is 0.417 e. The van der Waals surface area contributed by atoms with E-state index in [2.05, 4.69) is 9.71 Å². The molecule has 0 fully saturated rings. The molecule has 0 amide bonds. The molecule has 3 aromatic rings. The Morgan fingerprint density at radius 1 is 1.11 bits per heavy atom. The molecule has 5 nitrogen and oxygen atoms in total. The van der Waals surface area contributed by atoms with Gasteiger partial charge in [-0.3, -0.25) is 4.57 Å². The van der Waals surface area contributed by atoms with Crippen LogP contribution in [0.5, 0.6) is 0 Å². The Morgan fingerprint density at radius 3 is 2.39 bits per heavy atom. The average molecular weight is 450 g/mol. The van der Waals surface area contributed by atoms with Crippen LogP contribution < -0.4 is 4.72 Å². The van der Waals surface area contributed by atoms with Gasteiger partial charge in [0.15, 0.2) is 10.8 Å². The first kappa shape index (κ1) is 20.7. The highest BCUT2D eigenvalue weighted by molar-refractivity contribution is 7.89. The van der Waals surface area contributed by atoms with E-state index in [1.54, 1.807) is 24.3 Å². The first-order chi connectivity index (χ1) is 13.1. The minimum atomic E-state index is -4.61. The van der Waals surface area contributed by atoms with Crippen molar-refractivity contribution in [3.05, 3.63) is 76.0 Å². The van der Waals surface area contributed by atoms with Crippen molar-refractivity contribution in [2.24, 2.45) is 0 Å². The van der Waals surface area contributed by atoms with Crippen LogP contribution in [-0.4, -0.2) is 18.0 Å². The van der Waals surface area contributed by atoms with Gasteiger partial charge in [-0.1, -0.05) is 35.3 Å². The molecule has 0 spiro atoms. The third kappa shape index (κ3) is 4.49. The summed E-state index contributed by atoms with van der Waals surface area (Å²) in [6.07, 6.45) is -2.67. The number of benzene rings is 1. The standard InChI is InChI=1S/C17H12Cl2F3N3O2S/c18-13-5-3-11(4-6-13)9-24-28(26,27)15-2-1-7-25(15)16-14(19)8-12(10-23-16)17(20,21)22/h1-8,10,24H,9H2. The zero-order valence-corrected chi connectivity index (χ0v) is 16.2. The Morgan fingerprint density at radius 2 is 1.79 bits per heavy atom. The highest BCUT2D eigenvalue weighted by Crippen LogP contribution is 2.32. The smallest absolute Gasteiger partial charge is 0.289 e. The van der Waals surface area contributed by atoms with Gasteiger partial charge >= 0.3 is 6.18 Å². The maximum atomic E-state index is 12.8. The second kappa shape index (κ2) is 7.75. The van der Waals surface area contributed by atoms with Crippen LogP contribution in [0.1, 0.15) is 11.1 Å². The molecule has 148 valence electrons. The van der Waals surface area contributed by atoms with E-state index in [0.29, 0.717) is 22.8 Å². The molecule has 2 heterocycles. The molecule has 0 atom stereocenters. The highest BCUT2D eigenvalue weighted by Gasteiger charge is 2.32. The molecule has 0 saturated heterocycles. The van der Waals surface area contributed by atoms with E-state index in [1.165, 1.54) is 18.3 Å². The Hall–Kier alpha value is -2.07. The van der Waals surface area contributed by atoms with Crippen LogP contribution in [0.3, 0.4) is 0 Å². The normalized spacial score (nSPS) is 12.3. The fraction of sp³-hybridized carbons (Fsp3) is 0.118. The summed E-state index contributed by atoms with van der Waals surface area (Å²) in [5.74, 6) is -0.133. The molecule has 0 unspecified atom stereocenters. The Labute approximate surface area is 168 Å². The number of nitrogens with one attached hydrogen (secondary N) is 1. The van der Waals surface area contributed by atoms with E-state index in [-0.39, 0.29) is 22.4 Å². The quantitative estimate of drug-likeness (QED) is 0.614. The van der Waals surface area contributed by atoms with Gasteiger partial charge in [0.25, 0.3) is 10.0 Å². The first-order valence-electron chi connectivity index (χ1n) is 7.72. The van der Waals surface area contributed by atoms with Gasteiger partial charge in [0, 0.05) is 24.0 Å². The molecule has 0 bridgehead atoms. The second-order valence-electron chi connectivity index (χ2n) is 5.69. The minimum absolute atomic E-state index is 0.00114. The molecule has 0 aliphatic rings. The largest absolute Gasteiger partial charge is 0.417 e. The fourth-order valence-electron chi connectivity index (χ4n) is 2.38. The van der Waals surface area contributed by atoms with E-state index >= 15 is 0 Å². The lowest BCUT2D eigenvalue weighted by molar-refractivity contribution is -0.137. The molecular formula is C17H12Cl2F3N3O2S. The summed E-state index contributed by atoms with van der Waals surface area (Å²) in [6, 6.07) is 9.99. The van der Waals surface area contributed by atoms with E-state index in [1.807, 2.05) is 0 Å². The van der Waals surface area contributed by atoms with Crippen molar-refractivity contribution in [1.29, 1.82) is 0 Å². The Bertz CT molecular complexity index is 1100. The molecule has 1 N–H and O–H groups in total. The zero-order valence-electron chi connectivity index (χ0n) is 13.9. The predicted molar refractivity (Wildman–Crippen MR) is 99.1 cm³/mol. The monoisotopic (exact) mass is 449 g/mol. The third-order valence-electron chi connectivity index (χ3n) is 3.74. The molecule has 0 aliphatic heterocycles. The molecule has 0 aliphatic carbocycles. The predicted octanol–water partition coefficient (Wildman–Crippen LogP) is 4.68. The summed E-state index contributed by atoms with van der Waals surface area (Å²) in [4.78, 5) is 3.69. The number of sulfonamides is 1. The number of aromatic nitrogens is 2. The number of nitrogens with zero attached hydrogens (tertiary/aromatic N) is 2. The van der Waals surface area contributed by atoms with Crippen molar-refractivity contribution >= 4 is 33.2 Å². The van der Waals surface area contributed by atoms with Crippen molar-refractivity contribution in [1.82, 2.24) is 14.3 Å². The molecule has 1 aromatic carbocycles. The van der Waals surface area contributed by atoms with Crippen LogP contribution in [-0.2, 0) is 22.7 Å². The lowest BCUT2D eigenvalue weighted by atomic mass is 10.2. The maximum absolute atomic E-state index is 12.8. The molecular weight excluding hydrogens is 438 g/mol. The summed E-state index contributed by atoms with van der Waals surface area (Å²) in [5, 5.41) is -0.0284. The van der Waals surface area contributed by atoms with E-state index < -0.39 is 21.8 Å². The van der Waals surface area contributed by atoms with Crippen LogP contribution >= 0.6 is 23.2 Å². The van der Waals surface area contributed by atoms with Gasteiger partial charge in [-0.25, -0.2) is 18.1 Å².